The fraction of sp³-hybridized carbons (Fsp3) is 0.250. The Morgan fingerprint density at radius 3 is 1.91 bits per heavy atom. The molecule has 1 aromatic carbocycles. The smallest absolute Gasteiger partial charge is 0.508 e. The Hall–Kier alpha value is 0.500. The molecule has 11 heavy (non-hydrogen) atoms. The molecule has 0 aliphatic carbocycles. The fourth-order valence-corrected chi connectivity index (χ4v) is 1.15. The van der Waals surface area contributed by atoms with Crippen molar-refractivity contribution in [2.45, 2.75) is 13.8 Å². The van der Waals surface area contributed by atoms with Gasteiger partial charge >= 0.3 is 29.6 Å². The Bertz CT molecular complexity index is 237. The number of halogens is 1. The van der Waals surface area contributed by atoms with E-state index in [9.17, 15) is 0 Å². The summed E-state index contributed by atoms with van der Waals surface area (Å²) in [6, 6.07) is 3.47. The van der Waals surface area contributed by atoms with E-state index in [4.69, 9.17) is 5.11 Å². The third kappa shape index (κ3) is 2.79. The van der Waals surface area contributed by atoms with Crippen LogP contribution >= 0.6 is 15.9 Å². The summed E-state index contributed by atoms with van der Waals surface area (Å²) in [5, 5.41) is 9.10. The molecule has 0 spiro atoms. The average Bonchev–Trinajstić information content (AvgIpc) is 1.82. The molecular weight excluding hydrogens is 215 g/mol. The molecule has 0 aromatic heterocycles. The largest absolute Gasteiger partial charge is 1.00 e. The molecule has 1 rings (SSSR count). The molecule has 0 saturated heterocycles. The molecular formula is C8H9BrNaO+. The van der Waals surface area contributed by atoms with Gasteiger partial charge in [0.25, 0.3) is 0 Å². The van der Waals surface area contributed by atoms with Crippen molar-refractivity contribution >= 4 is 15.9 Å². The van der Waals surface area contributed by atoms with Crippen molar-refractivity contribution in [1.82, 2.24) is 0 Å². The van der Waals surface area contributed by atoms with Crippen molar-refractivity contribution in [1.29, 1.82) is 0 Å². The monoisotopic (exact) mass is 223 g/mol. The van der Waals surface area contributed by atoms with Crippen LogP contribution in [0.2, 0.25) is 0 Å². The van der Waals surface area contributed by atoms with E-state index in [0.717, 1.165) is 15.6 Å². The van der Waals surface area contributed by atoms with Crippen molar-refractivity contribution < 1.29 is 34.7 Å². The van der Waals surface area contributed by atoms with Crippen LogP contribution in [0, 0.1) is 13.8 Å². The first-order valence-electron chi connectivity index (χ1n) is 3.07. The SMILES string of the molecule is Cc1cc(O)cc(C)c1Br.[Na+]. The summed E-state index contributed by atoms with van der Waals surface area (Å²) >= 11 is 3.40. The van der Waals surface area contributed by atoms with E-state index >= 15 is 0 Å². The van der Waals surface area contributed by atoms with Gasteiger partial charge in [-0.25, -0.2) is 0 Å². The second kappa shape index (κ2) is 4.51. The van der Waals surface area contributed by atoms with Gasteiger partial charge in [-0.2, -0.15) is 0 Å². The zero-order valence-corrected chi connectivity index (χ0v) is 10.6. The normalized spacial score (nSPS) is 9.00. The quantitative estimate of drug-likeness (QED) is 0.604. The first-order valence-corrected chi connectivity index (χ1v) is 3.86. The zero-order chi connectivity index (χ0) is 7.72. The van der Waals surface area contributed by atoms with E-state index in [2.05, 4.69) is 15.9 Å². The van der Waals surface area contributed by atoms with Crippen LogP contribution in [0.25, 0.3) is 0 Å². The molecule has 1 nitrogen and oxygen atoms in total. The molecule has 0 saturated carbocycles. The number of hydrogen-bond donors (Lipinski definition) is 1. The van der Waals surface area contributed by atoms with Crippen LogP contribution in [-0.4, -0.2) is 5.11 Å². The first-order chi connectivity index (χ1) is 4.61. The minimum absolute atomic E-state index is 0. The van der Waals surface area contributed by atoms with E-state index in [0.29, 0.717) is 5.75 Å². The molecule has 0 aliphatic rings. The second-order valence-corrected chi connectivity index (χ2v) is 3.19. The summed E-state index contributed by atoms with van der Waals surface area (Å²) in [5.74, 6) is 0.332. The summed E-state index contributed by atoms with van der Waals surface area (Å²) in [6.07, 6.45) is 0. The van der Waals surface area contributed by atoms with Crippen LogP contribution in [0.15, 0.2) is 16.6 Å². The molecule has 0 aliphatic heterocycles. The maximum atomic E-state index is 9.10. The van der Waals surface area contributed by atoms with Gasteiger partial charge in [-0.3, -0.25) is 0 Å². The standard InChI is InChI=1S/C8H9BrO.Na/c1-5-3-7(10)4-6(2)8(5)9;/h3-4,10H,1-2H3;/q;+1. The van der Waals surface area contributed by atoms with Crippen molar-refractivity contribution in [3.63, 3.8) is 0 Å². The molecule has 1 N–H and O–H groups in total. The average molecular weight is 224 g/mol. The van der Waals surface area contributed by atoms with E-state index < -0.39 is 0 Å². The van der Waals surface area contributed by atoms with Crippen LogP contribution in [0.1, 0.15) is 11.1 Å². The molecule has 0 amide bonds. The molecule has 0 atom stereocenters. The molecule has 0 fully saturated rings. The van der Waals surface area contributed by atoms with E-state index in [1.54, 1.807) is 12.1 Å². The van der Waals surface area contributed by atoms with Crippen molar-refractivity contribution in [2.75, 3.05) is 0 Å². The van der Waals surface area contributed by atoms with Crippen LogP contribution in [0.4, 0.5) is 0 Å². The number of aryl methyl sites for hydroxylation is 2. The van der Waals surface area contributed by atoms with Gasteiger partial charge in [0.15, 0.2) is 0 Å². The summed E-state index contributed by atoms with van der Waals surface area (Å²) < 4.78 is 1.07. The molecule has 1 aromatic rings. The topological polar surface area (TPSA) is 20.2 Å². The number of hydrogen-bond acceptors (Lipinski definition) is 1. The second-order valence-electron chi connectivity index (χ2n) is 2.39. The number of benzene rings is 1. The van der Waals surface area contributed by atoms with Crippen molar-refractivity contribution in [3.05, 3.63) is 27.7 Å². The van der Waals surface area contributed by atoms with Crippen LogP contribution in [0.3, 0.4) is 0 Å². The summed E-state index contributed by atoms with van der Waals surface area (Å²) in [5.41, 5.74) is 2.13. The van der Waals surface area contributed by atoms with Crippen LogP contribution in [-0.2, 0) is 0 Å². The Balaban J connectivity index is 0.000001000. The first kappa shape index (κ1) is 11.5. The predicted molar refractivity (Wildman–Crippen MR) is 45.3 cm³/mol. The van der Waals surface area contributed by atoms with Crippen LogP contribution in [0.5, 0.6) is 5.75 Å². The fourth-order valence-electron chi connectivity index (χ4n) is 0.923. The Morgan fingerprint density at radius 1 is 1.18 bits per heavy atom. The molecule has 0 heterocycles. The van der Waals surface area contributed by atoms with Crippen molar-refractivity contribution in [3.8, 4) is 5.75 Å². The van der Waals surface area contributed by atoms with E-state index in [1.165, 1.54) is 0 Å². The van der Waals surface area contributed by atoms with Gasteiger partial charge < -0.3 is 5.11 Å². The van der Waals surface area contributed by atoms with Gasteiger partial charge in [0.2, 0.25) is 0 Å². The van der Waals surface area contributed by atoms with Crippen LogP contribution < -0.4 is 29.6 Å². The molecule has 0 unspecified atom stereocenters. The zero-order valence-electron chi connectivity index (χ0n) is 6.98. The van der Waals surface area contributed by atoms with Gasteiger partial charge in [0, 0.05) is 4.47 Å². The van der Waals surface area contributed by atoms with E-state index in [-0.39, 0.29) is 29.6 Å². The van der Waals surface area contributed by atoms with Crippen molar-refractivity contribution in [2.24, 2.45) is 0 Å². The molecule has 54 valence electrons. The van der Waals surface area contributed by atoms with Gasteiger partial charge in [0.1, 0.15) is 5.75 Å². The van der Waals surface area contributed by atoms with Gasteiger partial charge in [-0.15, -0.1) is 0 Å². The molecule has 3 heteroatoms. The van der Waals surface area contributed by atoms with E-state index in [1.807, 2.05) is 13.8 Å². The minimum atomic E-state index is 0. The van der Waals surface area contributed by atoms with Gasteiger partial charge in [-0.1, -0.05) is 15.9 Å². The Kier molecular flexibility index (Phi) is 4.71. The predicted octanol–water partition coefficient (Wildman–Crippen LogP) is -0.224. The summed E-state index contributed by atoms with van der Waals surface area (Å²) in [4.78, 5) is 0. The third-order valence-electron chi connectivity index (χ3n) is 1.42. The number of phenolic OH excluding ortho intramolecular Hbond substituents is 1. The maximum absolute atomic E-state index is 9.10. The third-order valence-corrected chi connectivity index (χ3v) is 2.67. The summed E-state index contributed by atoms with van der Waals surface area (Å²) in [7, 11) is 0. The number of phenols is 1. The molecule has 0 bridgehead atoms. The Morgan fingerprint density at radius 2 is 1.55 bits per heavy atom. The molecule has 0 radical (unpaired) electrons. The Labute approximate surface area is 97.2 Å². The number of rotatable bonds is 0. The van der Waals surface area contributed by atoms with Gasteiger partial charge in [-0.05, 0) is 37.1 Å². The van der Waals surface area contributed by atoms with Gasteiger partial charge in [0.05, 0.1) is 0 Å². The maximum Gasteiger partial charge on any atom is 1.00 e. The summed E-state index contributed by atoms with van der Waals surface area (Å²) in [6.45, 7) is 3.91. The minimum Gasteiger partial charge on any atom is -0.508 e. The number of aromatic hydroxyl groups is 1.